The van der Waals surface area contributed by atoms with E-state index in [4.69, 9.17) is 0 Å². The summed E-state index contributed by atoms with van der Waals surface area (Å²) in [5.74, 6) is 0.715. The molecular formula is C15H18N4S. The van der Waals surface area contributed by atoms with Gasteiger partial charge >= 0.3 is 0 Å². The Morgan fingerprint density at radius 2 is 1.60 bits per heavy atom. The van der Waals surface area contributed by atoms with E-state index in [-0.39, 0.29) is 0 Å². The van der Waals surface area contributed by atoms with Crippen LogP contribution in [0.5, 0.6) is 0 Å². The van der Waals surface area contributed by atoms with E-state index in [9.17, 15) is 0 Å². The van der Waals surface area contributed by atoms with E-state index in [0.29, 0.717) is 5.92 Å². The molecule has 2 aliphatic rings. The molecule has 1 aromatic heterocycles. The van der Waals surface area contributed by atoms with Gasteiger partial charge in [-0.25, -0.2) is 0 Å². The second-order valence-corrected chi connectivity index (χ2v) is 6.49. The molecule has 1 aliphatic heterocycles. The summed E-state index contributed by atoms with van der Waals surface area (Å²) < 4.78 is 0. The highest BCUT2D eigenvalue weighted by atomic mass is 32.1. The predicted molar refractivity (Wildman–Crippen MR) is 82.8 cm³/mol. The summed E-state index contributed by atoms with van der Waals surface area (Å²) in [5.41, 5.74) is 1.32. The van der Waals surface area contributed by atoms with Gasteiger partial charge < -0.3 is 9.80 Å². The van der Waals surface area contributed by atoms with Crippen LogP contribution in [0.4, 0.5) is 10.8 Å². The average molecular weight is 286 g/mol. The molecule has 20 heavy (non-hydrogen) atoms. The third kappa shape index (κ3) is 2.38. The standard InChI is InChI=1S/C15H18N4S/c1-2-4-13(5-3-1)18-8-10-19(11-9-18)15-17-16-14(20-15)12-6-7-12/h1-5,12H,6-11H2. The molecule has 0 amide bonds. The third-order valence-corrected chi connectivity index (χ3v) is 5.17. The van der Waals surface area contributed by atoms with Crippen LogP contribution in [0.3, 0.4) is 0 Å². The third-order valence-electron chi connectivity index (χ3n) is 4.03. The van der Waals surface area contributed by atoms with Gasteiger partial charge in [0.25, 0.3) is 0 Å². The van der Waals surface area contributed by atoms with Crippen LogP contribution in [0, 0.1) is 0 Å². The van der Waals surface area contributed by atoms with Crippen molar-refractivity contribution in [3.05, 3.63) is 35.3 Å². The first-order valence-electron chi connectivity index (χ1n) is 7.28. The van der Waals surface area contributed by atoms with Gasteiger partial charge in [-0.05, 0) is 25.0 Å². The highest BCUT2D eigenvalue weighted by Gasteiger charge is 2.29. The number of piperazine rings is 1. The monoisotopic (exact) mass is 286 g/mol. The van der Waals surface area contributed by atoms with Gasteiger partial charge in [0, 0.05) is 37.8 Å². The van der Waals surface area contributed by atoms with Crippen molar-refractivity contribution in [3.63, 3.8) is 0 Å². The fraction of sp³-hybridized carbons (Fsp3) is 0.467. The molecule has 1 aliphatic carbocycles. The van der Waals surface area contributed by atoms with Gasteiger partial charge in [-0.15, -0.1) is 10.2 Å². The van der Waals surface area contributed by atoms with E-state index in [2.05, 4.69) is 50.3 Å². The lowest BCUT2D eigenvalue weighted by Gasteiger charge is -2.35. The van der Waals surface area contributed by atoms with Gasteiger partial charge in [-0.3, -0.25) is 0 Å². The molecule has 5 heteroatoms. The highest BCUT2D eigenvalue weighted by Crippen LogP contribution is 2.42. The number of benzene rings is 1. The van der Waals surface area contributed by atoms with Gasteiger partial charge in [0.15, 0.2) is 0 Å². The average Bonchev–Trinajstić information content (AvgIpc) is 3.26. The number of nitrogens with zero attached hydrogens (tertiary/aromatic N) is 4. The molecule has 4 rings (SSSR count). The Morgan fingerprint density at radius 1 is 0.900 bits per heavy atom. The van der Waals surface area contributed by atoms with Gasteiger partial charge in [0.05, 0.1) is 0 Å². The minimum absolute atomic E-state index is 0.715. The number of anilines is 2. The maximum atomic E-state index is 4.37. The number of rotatable bonds is 3. The second kappa shape index (κ2) is 5.05. The number of para-hydroxylation sites is 1. The fourth-order valence-electron chi connectivity index (χ4n) is 2.64. The minimum Gasteiger partial charge on any atom is -0.368 e. The lowest BCUT2D eigenvalue weighted by Crippen LogP contribution is -2.46. The summed E-state index contributed by atoms with van der Waals surface area (Å²) in [7, 11) is 0. The Balaban J connectivity index is 1.41. The number of hydrogen-bond donors (Lipinski definition) is 0. The quantitative estimate of drug-likeness (QED) is 0.868. The van der Waals surface area contributed by atoms with Crippen LogP contribution in [-0.2, 0) is 0 Å². The van der Waals surface area contributed by atoms with Gasteiger partial charge in [0.1, 0.15) is 5.01 Å². The molecule has 1 saturated carbocycles. The van der Waals surface area contributed by atoms with E-state index in [0.717, 1.165) is 31.3 Å². The molecule has 0 spiro atoms. The van der Waals surface area contributed by atoms with Crippen LogP contribution < -0.4 is 9.80 Å². The molecule has 0 N–H and O–H groups in total. The molecular weight excluding hydrogens is 268 g/mol. The van der Waals surface area contributed by atoms with Crippen molar-refractivity contribution in [1.29, 1.82) is 0 Å². The van der Waals surface area contributed by atoms with Gasteiger partial charge in [-0.1, -0.05) is 29.5 Å². The number of aromatic nitrogens is 2. The number of hydrogen-bond acceptors (Lipinski definition) is 5. The zero-order valence-electron chi connectivity index (χ0n) is 11.4. The lowest BCUT2D eigenvalue weighted by molar-refractivity contribution is 0.649. The summed E-state index contributed by atoms with van der Waals surface area (Å²) in [6.45, 7) is 4.19. The van der Waals surface area contributed by atoms with Crippen molar-refractivity contribution < 1.29 is 0 Å². The fourth-order valence-corrected chi connectivity index (χ4v) is 3.71. The van der Waals surface area contributed by atoms with Crippen LogP contribution in [-0.4, -0.2) is 36.4 Å². The Kier molecular flexibility index (Phi) is 3.07. The molecule has 0 radical (unpaired) electrons. The SMILES string of the molecule is c1ccc(N2CCN(c3nnc(C4CC4)s3)CC2)cc1. The Hall–Kier alpha value is -1.62. The van der Waals surface area contributed by atoms with E-state index in [1.165, 1.54) is 23.5 Å². The van der Waals surface area contributed by atoms with Crippen LogP contribution in [0.15, 0.2) is 30.3 Å². The van der Waals surface area contributed by atoms with E-state index < -0.39 is 0 Å². The first-order chi connectivity index (χ1) is 9.90. The topological polar surface area (TPSA) is 32.3 Å². The Bertz CT molecular complexity index is 571. The minimum atomic E-state index is 0.715. The Labute approximate surface area is 123 Å². The summed E-state index contributed by atoms with van der Waals surface area (Å²) in [5, 5.41) is 11.1. The van der Waals surface area contributed by atoms with Crippen LogP contribution in [0.2, 0.25) is 0 Å². The molecule has 1 aromatic carbocycles. The smallest absolute Gasteiger partial charge is 0.208 e. The first kappa shape index (κ1) is 12.1. The van der Waals surface area contributed by atoms with Crippen molar-refractivity contribution in [1.82, 2.24) is 10.2 Å². The first-order valence-corrected chi connectivity index (χ1v) is 8.10. The molecule has 0 bridgehead atoms. The van der Waals surface area contributed by atoms with Crippen LogP contribution in [0.25, 0.3) is 0 Å². The van der Waals surface area contributed by atoms with Crippen LogP contribution >= 0.6 is 11.3 Å². The van der Waals surface area contributed by atoms with E-state index in [1.54, 1.807) is 11.3 Å². The predicted octanol–water partition coefficient (Wildman–Crippen LogP) is 2.74. The molecule has 2 aromatic rings. The van der Waals surface area contributed by atoms with E-state index in [1.807, 2.05) is 0 Å². The largest absolute Gasteiger partial charge is 0.368 e. The lowest BCUT2D eigenvalue weighted by atomic mass is 10.2. The van der Waals surface area contributed by atoms with Crippen molar-refractivity contribution in [2.24, 2.45) is 0 Å². The van der Waals surface area contributed by atoms with Crippen molar-refractivity contribution in [2.75, 3.05) is 36.0 Å². The van der Waals surface area contributed by atoms with E-state index >= 15 is 0 Å². The van der Waals surface area contributed by atoms with Gasteiger partial charge in [-0.2, -0.15) is 0 Å². The van der Waals surface area contributed by atoms with Crippen molar-refractivity contribution >= 4 is 22.2 Å². The van der Waals surface area contributed by atoms with Crippen molar-refractivity contribution in [3.8, 4) is 0 Å². The summed E-state index contributed by atoms with van der Waals surface area (Å²) in [4.78, 5) is 4.82. The normalized spacial score (nSPS) is 19.4. The summed E-state index contributed by atoms with van der Waals surface area (Å²) >= 11 is 1.79. The molecule has 1 saturated heterocycles. The Morgan fingerprint density at radius 3 is 2.30 bits per heavy atom. The summed E-state index contributed by atoms with van der Waals surface area (Å²) in [6, 6.07) is 10.7. The second-order valence-electron chi connectivity index (χ2n) is 5.51. The maximum absolute atomic E-state index is 4.37. The zero-order valence-corrected chi connectivity index (χ0v) is 12.2. The molecule has 0 unspecified atom stereocenters. The molecule has 2 heterocycles. The molecule has 2 fully saturated rings. The maximum Gasteiger partial charge on any atom is 0.208 e. The van der Waals surface area contributed by atoms with Crippen LogP contribution in [0.1, 0.15) is 23.8 Å². The van der Waals surface area contributed by atoms with Crippen molar-refractivity contribution in [2.45, 2.75) is 18.8 Å². The summed E-state index contributed by atoms with van der Waals surface area (Å²) in [6.07, 6.45) is 2.60. The zero-order chi connectivity index (χ0) is 13.4. The molecule has 4 nitrogen and oxygen atoms in total. The highest BCUT2D eigenvalue weighted by molar-refractivity contribution is 7.15. The van der Waals surface area contributed by atoms with Gasteiger partial charge in [0.2, 0.25) is 5.13 Å². The molecule has 104 valence electrons. The molecule has 0 atom stereocenters.